The lowest BCUT2D eigenvalue weighted by atomic mass is 9.95. The highest BCUT2D eigenvalue weighted by Crippen LogP contribution is 2.16. The fourth-order valence-corrected chi connectivity index (χ4v) is 2.00. The van der Waals surface area contributed by atoms with Crippen LogP contribution in [0.1, 0.15) is 44.2 Å². The van der Waals surface area contributed by atoms with Crippen LogP contribution in [-0.4, -0.2) is 19.0 Å². The third-order valence-electron chi connectivity index (χ3n) is 3.33. The molecule has 0 saturated heterocycles. The number of nitrogens with two attached hydrogens (primary N) is 1. The van der Waals surface area contributed by atoms with Crippen molar-refractivity contribution in [1.29, 1.82) is 0 Å². The lowest BCUT2D eigenvalue weighted by Gasteiger charge is -2.15. The highest BCUT2D eigenvalue weighted by atomic mass is 16.1. The number of hydrogen-bond acceptors (Lipinski definition) is 2. The minimum absolute atomic E-state index is 0.0669. The first kappa shape index (κ1) is 15.7. The zero-order valence-corrected chi connectivity index (χ0v) is 12.3. The van der Waals surface area contributed by atoms with E-state index >= 15 is 0 Å². The predicted molar refractivity (Wildman–Crippen MR) is 80.1 cm³/mol. The molecule has 0 aromatic heterocycles. The van der Waals surface area contributed by atoms with Gasteiger partial charge in [-0.05, 0) is 29.9 Å². The summed E-state index contributed by atoms with van der Waals surface area (Å²) < 4.78 is 0. The molecule has 0 aliphatic rings. The number of carbonyl (C=O) groups excluding carboxylic acids is 1. The van der Waals surface area contributed by atoms with Gasteiger partial charge >= 0.3 is 0 Å². The lowest BCUT2D eigenvalue weighted by Crippen LogP contribution is -2.36. The summed E-state index contributed by atoms with van der Waals surface area (Å²) in [5.41, 5.74) is 8.21. The van der Waals surface area contributed by atoms with E-state index in [-0.39, 0.29) is 11.8 Å². The molecule has 3 nitrogen and oxygen atoms in total. The van der Waals surface area contributed by atoms with Gasteiger partial charge in [0.1, 0.15) is 0 Å². The largest absolute Gasteiger partial charge is 0.356 e. The standard InChI is InChI=1S/C16H26N2O/c1-4-9-18-16(19)15(11-17)10-13-5-7-14(8-6-13)12(2)3/h5-8,12,15H,4,9-11,17H2,1-3H3,(H,18,19). The van der Waals surface area contributed by atoms with Crippen molar-refractivity contribution in [3.8, 4) is 0 Å². The van der Waals surface area contributed by atoms with Gasteiger partial charge in [-0.15, -0.1) is 0 Å². The van der Waals surface area contributed by atoms with Crippen molar-refractivity contribution in [2.45, 2.75) is 39.5 Å². The van der Waals surface area contributed by atoms with Crippen LogP contribution in [0.15, 0.2) is 24.3 Å². The van der Waals surface area contributed by atoms with Crippen LogP contribution in [0.2, 0.25) is 0 Å². The maximum Gasteiger partial charge on any atom is 0.224 e. The molecule has 1 unspecified atom stereocenters. The lowest BCUT2D eigenvalue weighted by molar-refractivity contribution is -0.124. The van der Waals surface area contributed by atoms with Crippen molar-refractivity contribution in [1.82, 2.24) is 5.32 Å². The number of carbonyl (C=O) groups is 1. The molecule has 1 aromatic rings. The average molecular weight is 262 g/mol. The van der Waals surface area contributed by atoms with Crippen LogP contribution in [0.5, 0.6) is 0 Å². The fourth-order valence-electron chi connectivity index (χ4n) is 2.00. The molecule has 1 atom stereocenters. The summed E-state index contributed by atoms with van der Waals surface area (Å²) >= 11 is 0. The molecule has 1 rings (SSSR count). The van der Waals surface area contributed by atoms with Gasteiger partial charge in [0.2, 0.25) is 5.91 Å². The SMILES string of the molecule is CCCNC(=O)C(CN)Cc1ccc(C(C)C)cc1. The molecule has 0 bridgehead atoms. The summed E-state index contributed by atoms with van der Waals surface area (Å²) in [7, 11) is 0. The van der Waals surface area contributed by atoms with Gasteiger partial charge in [-0.1, -0.05) is 45.0 Å². The molecule has 1 aromatic carbocycles. The third-order valence-corrected chi connectivity index (χ3v) is 3.33. The monoisotopic (exact) mass is 262 g/mol. The topological polar surface area (TPSA) is 55.1 Å². The van der Waals surface area contributed by atoms with Crippen LogP contribution in [0.3, 0.4) is 0 Å². The van der Waals surface area contributed by atoms with E-state index in [4.69, 9.17) is 5.73 Å². The third kappa shape index (κ3) is 5.03. The second-order valence-corrected chi connectivity index (χ2v) is 5.32. The Morgan fingerprint density at radius 1 is 1.26 bits per heavy atom. The number of nitrogens with one attached hydrogen (secondary N) is 1. The Morgan fingerprint density at radius 3 is 2.37 bits per heavy atom. The van der Waals surface area contributed by atoms with Gasteiger partial charge in [-0.3, -0.25) is 4.79 Å². The van der Waals surface area contributed by atoms with E-state index in [2.05, 4.69) is 43.4 Å². The summed E-state index contributed by atoms with van der Waals surface area (Å²) in [5.74, 6) is 0.473. The Kier molecular flexibility index (Phi) is 6.57. The molecule has 106 valence electrons. The second kappa shape index (κ2) is 7.95. The van der Waals surface area contributed by atoms with Gasteiger partial charge in [-0.2, -0.15) is 0 Å². The maximum absolute atomic E-state index is 11.9. The van der Waals surface area contributed by atoms with Crippen molar-refractivity contribution in [2.75, 3.05) is 13.1 Å². The molecule has 0 saturated carbocycles. The zero-order valence-electron chi connectivity index (χ0n) is 12.3. The van der Waals surface area contributed by atoms with E-state index in [1.807, 2.05) is 6.92 Å². The van der Waals surface area contributed by atoms with Gasteiger partial charge in [0, 0.05) is 13.1 Å². The molecule has 0 spiro atoms. The maximum atomic E-state index is 11.9. The van der Waals surface area contributed by atoms with E-state index in [1.54, 1.807) is 0 Å². The molecular weight excluding hydrogens is 236 g/mol. The van der Waals surface area contributed by atoms with Crippen molar-refractivity contribution in [2.24, 2.45) is 11.7 Å². The molecule has 1 amide bonds. The van der Waals surface area contributed by atoms with Crippen molar-refractivity contribution in [3.63, 3.8) is 0 Å². The van der Waals surface area contributed by atoms with Crippen LogP contribution in [0.4, 0.5) is 0 Å². The number of amides is 1. The highest BCUT2D eigenvalue weighted by Gasteiger charge is 2.16. The molecule has 0 aliphatic heterocycles. The van der Waals surface area contributed by atoms with Gasteiger partial charge in [0.25, 0.3) is 0 Å². The summed E-state index contributed by atoms with van der Waals surface area (Å²) in [6.07, 6.45) is 1.66. The van der Waals surface area contributed by atoms with Gasteiger partial charge in [-0.25, -0.2) is 0 Å². The first-order valence-corrected chi connectivity index (χ1v) is 7.15. The van der Waals surface area contributed by atoms with Crippen LogP contribution >= 0.6 is 0 Å². The van der Waals surface area contributed by atoms with Gasteiger partial charge in [0.05, 0.1) is 5.92 Å². The first-order chi connectivity index (χ1) is 9.08. The summed E-state index contributed by atoms with van der Waals surface area (Å²) in [4.78, 5) is 11.9. The Morgan fingerprint density at radius 2 is 1.89 bits per heavy atom. The zero-order chi connectivity index (χ0) is 14.3. The van der Waals surface area contributed by atoms with Crippen molar-refractivity contribution < 1.29 is 4.79 Å². The molecule has 0 fully saturated rings. The molecule has 19 heavy (non-hydrogen) atoms. The summed E-state index contributed by atoms with van der Waals surface area (Å²) in [6, 6.07) is 8.48. The smallest absolute Gasteiger partial charge is 0.224 e. The molecule has 0 heterocycles. The van der Waals surface area contributed by atoms with E-state index in [0.717, 1.165) is 13.0 Å². The minimum Gasteiger partial charge on any atom is -0.356 e. The molecule has 0 aliphatic carbocycles. The Bertz CT molecular complexity index is 384. The average Bonchev–Trinajstić information content (AvgIpc) is 2.42. The van der Waals surface area contributed by atoms with Crippen molar-refractivity contribution >= 4 is 5.91 Å². The number of hydrogen-bond donors (Lipinski definition) is 2. The Labute approximate surface area is 116 Å². The van der Waals surface area contributed by atoms with Crippen molar-refractivity contribution in [3.05, 3.63) is 35.4 Å². The van der Waals surface area contributed by atoms with E-state index in [0.29, 0.717) is 18.9 Å². The van der Waals surface area contributed by atoms with Crippen LogP contribution in [-0.2, 0) is 11.2 Å². The van der Waals surface area contributed by atoms with Gasteiger partial charge in [0.15, 0.2) is 0 Å². The molecule has 3 N–H and O–H groups in total. The molecule has 0 radical (unpaired) electrons. The molecular formula is C16H26N2O. The normalized spacial score (nSPS) is 12.5. The van der Waals surface area contributed by atoms with E-state index < -0.39 is 0 Å². The summed E-state index contributed by atoms with van der Waals surface area (Å²) in [6.45, 7) is 7.51. The van der Waals surface area contributed by atoms with Gasteiger partial charge < -0.3 is 11.1 Å². The number of rotatable bonds is 7. The van der Waals surface area contributed by atoms with Crippen LogP contribution < -0.4 is 11.1 Å². The van der Waals surface area contributed by atoms with Crippen LogP contribution in [0, 0.1) is 5.92 Å². The summed E-state index contributed by atoms with van der Waals surface area (Å²) in [5, 5.41) is 2.91. The Hall–Kier alpha value is -1.35. The quantitative estimate of drug-likeness (QED) is 0.793. The van der Waals surface area contributed by atoms with Crippen LogP contribution in [0.25, 0.3) is 0 Å². The number of benzene rings is 1. The molecule has 3 heteroatoms. The highest BCUT2D eigenvalue weighted by molar-refractivity contribution is 5.79. The van der Waals surface area contributed by atoms with E-state index in [1.165, 1.54) is 11.1 Å². The van der Waals surface area contributed by atoms with E-state index in [9.17, 15) is 4.79 Å². The minimum atomic E-state index is -0.128. The predicted octanol–water partition coefficient (Wildman–Crippen LogP) is 2.45. The Balaban J connectivity index is 2.62. The second-order valence-electron chi connectivity index (χ2n) is 5.32. The first-order valence-electron chi connectivity index (χ1n) is 7.15. The fraction of sp³-hybridized carbons (Fsp3) is 0.562.